The monoisotopic (exact) mass is 910 g/mol. The maximum Gasteiger partial charge on any atom is 0.0708 e. The zero-order chi connectivity index (χ0) is 46.7. The highest BCUT2D eigenvalue weighted by Gasteiger charge is 2.63. The van der Waals surface area contributed by atoms with Crippen LogP contribution in [0.3, 0.4) is 0 Å². The maximum atomic E-state index is 2.63. The summed E-state index contributed by atoms with van der Waals surface area (Å²) in [5, 5.41) is 5.03. The third-order valence-corrected chi connectivity index (χ3v) is 17.9. The zero-order valence-electron chi connectivity index (χ0n) is 39.8. The summed E-state index contributed by atoms with van der Waals surface area (Å²) in [6.07, 6.45) is 6.78. The Morgan fingerprint density at radius 1 is 0.352 bits per heavy atom. The van der Waals surface area contributed by atoms with Crippen LogP contribution < -0.4 is 4.90 Å². The van der Waals surface area contributed by atoms with Crippen molar-refractivity contribution in [1.29, 1.82) is 0 Å². The van der Waals surface area contributed by atoms with Gasteiger partial charge in [-0.3, -0.25) is 0 Å². The van der Waals surface area contributed by atoms with Crippen LogP contribution in [-0.4, -0.2) is 4.57 Å². The summed E-state index contributed by atoms with van der Waals surface area (Å²) in [7, 11) is 0. The molecule has 0 amide bonds. The fourth-order valence-corrected chi connectivity index (χ4v) is 15.3. The van der Waals surface area contributed by atoms with E-state index in [1.807, 2.05) is 0 Å². The molecule has 1 aromatic heterocycles. The zero-order valence-corrected chi connectivity index (χ0v) is 39.8. The van der Waals surface area contributed by atoms with Crippen LogP contribution in [-0.2, 0) is 10.8 Å². The molecule has 4 saturated carbocycles. The predicted molar refractivity (Wildman–Crippen MR) is 295 cm³/mol. The molecular weight excluding hydrogens is 857 g/mol. The summed E-state index contributed by atoms with van der Waals surface area (Å²) < 4.78 is 2.39. The van der Waals surface area contributed by atoms with Crippen LogP contribution in [0.2, 0.25) is 0 Å². The minimum Gasteiger partial charge on any atom is -0.310 e. The summed E-state index contributed by atoms with van der Waals surface area (Å²) in [5.74, 6) is 2.98. The molecule has 2 nitrogen and oxygen atoms in total. The van der Waals surface area contributed by atoms with E-state index < -0.39 is 5.41 Å². The van der Waals surface area contributed by atoms with E-state index in [1.165, 1.54) is 104 Å². The topological polar surface area (TPSA) is 8.17 Å². The van der Waals surface area contributed by atoms with E-state index in [0.29, 0.717) is 11.8 Å². The van der Waals surface area contributed by atoms with Crippen molar-refractivity contribution in [1.82, 2.24) is 4.57 Å². The average Bonchev–Trinajstić information content (AvgIpc) is 3.77. The van der Waals surface area contributed by atoms with Gasteiger partial charge in [-0.05, 0) is 172 Å². The van der Waals surface area contributed by atoms with Gasteiger partial charge in [0.1, 0.15) is 0 Å². The van der Waals surface area contributed by atoms with Crippen LogP contribution >= 0.6 is 0 Å². The Labute approximate surface area is 416 Å². The number of benzene rings is 10. The molecule has 0 saturated heterocycles. The standard InChI is InChI=1S/C69H54N2/c1-3-17-52(18-4-1)68(53-19-5-2-6-20-53)62-23-11-12-24-63(62)69(54-40-46-39-47(42-54)43-55(69)41-46)64-38-37-59(45-65(64)68)70(58-36-31-48-15-7-8-16-51(48)44-58)56-32-27-49(28-33-56)50-29-34-57(35-30-50)71-66-25-13-9-21-60(66)61-22-10-14-26-67(61)71/h1-38,44-47,54-55H,39-43H2. The molecule has 5 aliphatic rings. The molecule has 11 aromatic rings. The Morgan fingerprint density at radius 2 is 0.831 bits per heavy atom. The first-order valence-electron chi connectivity index (χ1n) is 26.0. The molecule has 0 atom stereocenters. The molecule has 0 radical (unpaired) electrons. The van der Waals surface area contributed by atoms with Crippen LogP contribution in [0, 0.1) is 23.7 Å². The van der Waals surface area contributed by atoms with Gasteiger partial charge in [-0.2, -0.15) is 0 Å². The second-order valence-electron chi connectivity index (χ2n) is 21.3. The summed E-state index contributed by atoms with van der Waals surface area (Å²) in [6.45, 7) is 0. The Morgan fingerprint density at radius 3 is 1.46 bits per heavy atom. The normalized spacial score (nSPS) is 21.4. The lowest BCUT2D eigenvalue weighted by molar-refractivity contribution is -0.0440. The maximum absolute atomic E-state index is 2.63. The molecule has 71 heavy (non-hydrogen) atoms. The molecule has 4 fully saturated rings. The fourth-order valence-electron chi connectivity index (χ4n) is 15.3. The Hall–Kier alpha value is -7.94. The van der Waals surface area contributed by atoms with Crippen LogP contribution in [0.1, 0.15) is 65.5 Å². The first-order chi connectivity index (χ1) is 35.2. The lowest BCUT2D eigenvalue weighted by Gasteiger charge is -2.65. The van der Waals surface area contributed by atoms with Crippen LogP contribution in [0.15, 0.2) is 243 Å². The highest BCUT2D eigenvalue weighted by Crippen LogP contribution is 2.70. The summed E-state index contributed by atoms with van der Waals surface area (Å²) in [6, 6.07) is 92.0. The smallest absolute Gasteiger partial charge is 0.0708 e. The van der Waals surface area contributed by atoms with Gasteiger partial charge >= 0.3 is 0 Å². The fraction of sp³-hybridized carbons (Fsp3) is 0.159. The number of hydrogen-bond donors (Lipinski definition) is 0. The van der Waals surface area contributed by atoms with Gasteiger partial charge in [0, 0.05) is 38.9 Å². The second-order valence-corrected chi connectivity index (χ2v) is 21.3. The Balaban J connectivity index is 0.918. The SMILES string of the molecule is c1ccc(C2(c3ccccc3)c3ccccc3C3(c4ccc(N(c5ccc(-c6ccc(-n7c8ccccc8c8ccccc87)cc6)cc5)c5ccc6ccccc6c5)cc42)C2CC4CC(C2)CC3C4)cc1. The van der Waals surface area contributed by atoms with E-state index in [2.05, 4.69) is 252 Å². The molecule has 2 heteroatoms. The van der Waals surface area contributed by atoms with E-state index in [4.69, 9.17) is 0 Å². The summed E-state index contributed by atoms with van der Waals surface area (Å²) >= 11 is 0. The third kappa shape index (κ3) is 5.94. The number of anilines is 3. The summed E-state index contributed by atoms with van der Waals surface area (Å²) in [4.78, 5) is 2.52. The van der Waals surface area contributed by atoms with E-state index in [1.54, 1.807) is 11.1 Å². The van der Waals surface area contributed by atoms with Crippen LogP contribution in [0.25, 0.3) is 49.4 Å². The van der Waals surface area contributed by atoms with Crippen molar-refractivity contribution in [3.8, 4) is 16.8 Å². The molecule has 16 rings (SSSR count). The van der Waals surface area contributed by atoms with Crippen molar-refractivity contribution in [2.24, 2.45) is 23.7 Å². The molecule has 340 valence electrons. The molecule has 0 aliphatic heterocycles. The van der Waals surface area contributed by atoms with Crippen molar-refractivity contribution in [3.63, 3.8) is 0 Å². The number of para-hydroxylation sites is 2. The number of rotatable bonds is 7. The molecule has 5 aliphatic carbocycles. The molecule has 10 aromatic carbocycles. The molecular formula is C69H54N2. The predicted octanol–water partition coefficient (Wildman–Crippen LogP) is 17.5. The quantitative estimate of drug-likeness (QED) is 0.155. The van der Waals surface area contributed by atoms with E-state index in [0.717, 1.165) is 28.9 Å². The number of nitrogens with zero attached hydrogens (tertiary/aromatic N) is 2. The highest BCUT2D eigenvalue weighted by molar-refractivity contribution is 6.09. The number of aromatic nitrogens is 1. The van der Waals surface area contributed by atoms with Gasteiger partial charge in [-0.25, -0.2) is 0 Å². The van der Waals surface area contributed by atoms with Gasteiger partial charge in [-0.15, -0.1) is 0 Å². The minimum atomic E-state index is -0.533. The molecule has 0 N–H and O–H groups in total. The molecule has 0 unspecified atom stereocenters. The number of hydrogen-bond acceptors (Lipinski definition) is 1. The highest BCUT2D eigenvalue weighted by atomic mass is 15.1. The van der Waals surface area contributed by atoms with Crippen molar-refractivity contribution in [3.05, 3.63) is 276 Å². The first-order valence-corrected chi connectivity index (χ1v) is 26.0. The first kappa shape index (κ1) is 40.9. The van der Waals surface area contributed by atoms with Gasteiger partial charge in [-0.1, -0.05) is 182 Å². The van der Waals surface area contributed by atoms with Crippen molar-refractivity contribution in [2.75, 3.05) is 4.90 Å². The van der Waals surface area contributed by atoms with E-state index in [-0.39, 0.29) is 5.41 Å². The van der Waals surface area contributed by atoms with Crippen molar-refractivity contribution >= 4 is 49.6 Å². The van der Waals surface area contributed by atoms with Crippen LogP contribution in [0.4, 0.5) is 17.1 Å². The third-order valence-electron chi connectivity index (χ3n) is 17.9. The number of fused-ring (bicyclic) bond motifs is 6. The Bertz CT molecular complexity index is 3700. The van der Waals surface area contributed by atoms with Crippen molar-refractivity contribution < 1.29 is 0 Å². The van der Waals surface area contributed by atoms with Gasteiger partial charge in [0.2, 0.25) is 0 Å². The van der Waals surface area contributed by atoms with Gasteiger partial charge in [0.15, 0.2) is 0 Å². The second kappa shape index (κ2) is 15.8. The molecule has 4 bridgehead atoms. The van der Waals surface area contributed by atoms with E-state index >= 15 is 0 Å². The largest absolute Gasteiger partial charge is 0.310 e. The average molecular weight is 911 g/mol. The van der Waals surface area contributed by atoms with Gasteiger partial charge in [0.25, 0.3) is 0 Å². The Kier molecular flexibility index (Phi) is 9.09. The molecule has 1 spiro atoms. The lowest BCUT2D eigenvalue weighted by atomic mass is 9.38. The minimum absolute atomic E-state index is 0.0303. The van der Waals surface area contributed by atoms with Crippen molar-refractivity contribution in [2.45, 2.75) is 42.9 Å². The van der Waals surface area contributed by atoms with Crippen LogP contribution in [0.5, 0.6) is 0 Å². The molecule has 1 heterocycles. The van der Waals surface area contributed by atoms with E-state index in [9.17, 15) is 0 Å². The van der Waals surface area contributed by atoms with Gasteiger partial charge < -0.3 is 9.47 Å². The lowest BCUT2D eigenvalue weighted by Crippen LogP contribution is -2.59. The van der Waals surface area contributed by atoms with Gasteiger partial charge in [0.05, 0.1) is 16.4 Å². The summed E-state index contributed by atoms with van der Waals surface area (Å²) in [5.41, 5.74) is 17.6.